The molecule has 4 heterocycles. The zero-order valence-corrected chi connectivity index (χ0v) is 20.8. The molecule has 0 atom stereocenters. The summed E-state index contributed by atoms with van der Waals surface area (Å²) in [6.07, 6.45) is 9.44. The number of hydrogen-bond donors (Lipinski definition) is 1. The first-order chi connectivity index (χ1) is 18.0. The second-order valence-electron chi connectivity index (χ2n) is 9.55. The number of halogens is 1. The number of hydrogen-bond acceptors (Lipinski definition) is 7. The first kappa shape index (κ1) is 23.3. The van der Waals surface area contributed by atoms with E-state index in [0.29, 0.717) is 58.3 Å². The molecule has 0 unspecified atom stereocenters. The van der Waals surface area contributed by atoms with Gasteiger partial charge in [0.1, 0.15) is 29.5 Å². The Kier molecular flexibility index (Phi) is 5.69. The van der Waals surface area contributed by atoms with E-state index in [-0.39, 0.29) is 11.6 Å². The summed E-state index contributed by atoms with van der Waals surface area (Å²) < 4.78 is 19.3. The van der Waals surface area contributed by atoms with E-state index in [1.165, 1.54) is 18.5 Å². The van der Waals surface area contributed by atoms with Crippen LogP contribution in [0, 0.1) is 5.82 Å². The molecule has 10 nitrogen and oxygen atoms in total. The summed E-state index contributed by atoms with van der Waals surface area (Å²) in [5.74, 6) is 0.560. The van der Waals surface area contributed by atoms with E-state index in [1.54, 1.807) is 21.5 Å². The van der Waals surface area contributed by atoms with Crippen LogP contribution in [0.2, 0.25) is 0 Å². The lowest BCUT2D eigenvalue weighted by molar-refractivity contribution is 0.428. The van der Waals surface area contributed by atoms with Gasteiger partial charge >= 0.3 is 0 Å². The first-order valence-corrected chi connectivity index (χ1v) is 12.7. The summed E-state index contributed by atoms with van der Waals surface area (Å²) in [7, 11) is 0. The number of nitrogen functional groups attached to an aromatic ring is 1. The Balaban J connectivity index is 1.40. The van der Waals surface area contributed by atoms with Crippen molar-refractivity contribution in [1.82, 2.24) is 39.1 Å². The van der Waals surface area contributed by atoms with Crippen LogP contribution >= 0.6 is 0 Å². The summed E-state index contributed by atoms with van der Waals surface area (Å²) in [4.78, 5) is 26.6. The van der Waals surface area contributed by atoms with Gasteiger partial charge in [0.2, 0.25) is 0 Å². The standard InChI is InChI=1S/C26H28FN9O/c1-3-17(4-2)35-13-15(12-31-35)23-22-24(28)29-14-30-25(22)34(33-23)10-9-21-32-20-8-5-16(27)11-19(20)26(37)36(21)18-6-7-18/h5,8,11-14,17-18H,3-4,6-7,9-10H2,1-2H3,(H2,28,29,30). The molecule has 5 aromatic rings. The molecule has 2 N–H and O–H groups in total. The van der Waals surface area contributed by atoms with Crippen molar-refractivity contribution in [2.45, 2.75) is 64.6 Å². The van der Waals surface area contributed by atoms with Crippen LogP contribution in [0.4, 0.5) is 10.2 Å². The fourth-order valence-electron chi connectivity index (χ4n) is 5.02. The Labute approximate surface area is 212 Å². The molecule has 0 saturated heterocycles. The summed E-state index contributed by atoms with van der Waals surface area (Å²) >= 11 is 0. The molecular formula is C26H28FN9O. The SMILES string of the molecule is CCC(CC)n1cc(-c2nn(CCc3nc4ccc(F)cc4c(=O)n3C3CC3)c3ncnc(N)c23)cn1. The van der Waals surface area contributed by atoms with E-state index >= 15 is 0 Å². The van der Waals surface area contributed by atoms with Crippen molar-refractivity contribution in [2.75, 3.05) is 5.73 Å². The number of benzene rings is 1. The second-order valence-corrected chi connectivity index (χ2v) is 9.55. The number of nitrogens with zero attached hydrogens (tertiary/aromatic N) is 8. The van der Waals surface area contributed by atoms with Crippen molar-refractivity contribution in [2.24, 2.45) is 0 Å². The average Bonchev–Trinajstić information content (AvgIpc) is 3.48. The maximum Gasteiger partial charge on any atom is 0.261 e. The van der Waals surface area contributed by atoms with E-state index in [9.17, 15) is 9.18 Å². The minimum absolute atomic E-state index is 0.0986. The van der Waals surface area contributed by atoms with Gasteiger partial charge in [-0.25, -0.2) is 24.0 Å². The minimum atomic E-state index is -0.443. The maximum absolute atomic E-state index is 13.8. The van der Waals surface area contributed by atoms with E-state index in [1.807, 2.05) is 10.9 Å². The van der Waals surface area contributed by atoms with E-state index in [4.69, 9.17) is 15.8 Å². The number of aromatic nitrogens is 8. The summed E-state index contributed by atoms with van der Waals surface area (Å²) in [5, 5.41) is 10.4. The molecular weight excluding hydrogens is 473 g/mol. The molecule has 0 aliphatic heterocycles. The third-order valence-electron chi connectivity index (χ3n) is 7.14. The van der Waals surface area contributed by atoms with Crippen molar-refractivity contribution in [1.29, 1.82) is 0 Å². The molecule has 0 bridgehead atoms. The molecule has 1 aliphatic rings. The monoisotopic (exact) mass is 501 g/mol. The quantitative estimate of drug-likeness (QED) is 0.340. The van der Waals surface area contributed by atoms with Crippen molar-refractivity contribution in [3.8, 4) is 11.3 Å². The van der Waals surface area contributed by atoms with E-state index in [0.717, 1.165) is 31.2 Å². The highest BCUT2D eigenvalue weighted by Crippen LogP contribution is 2.35. The third kappa shape index (κ3) is 4.04. The van der Waals surface area contributed by atoms with Crippen LogP contribution in [0.3, 0.4) is 0 Å². The minimum Gasteiger partial charge on any atom is -0.383 e. The number of nitrogens with two attached hydrogens (primary N) is 1. The van der Waals surface area contributed by atoms with Crippen LogP contribution in [0.5, 0.6) is 0 Å². The molecule has 190 valence electrons. The van der Waals surface area contributed by atoms with Gasteiger partial charge in [0.05, 0.1) is 35.1 Å². The molecule has 4 aromatic heterocycles. The van der Waals surface area contributed by atoms with Crippen molar-refractivity contribution in [3.05, 3.63) is 58.9 Å². The van der Waals surface area contributed by atoms with Crippen LogP contribution in [-0.2, 0) is 13.0 Å². The number of anilines is 1. The molecule has 1 aliphatic carbocycles. The lowest BCUT2D eigenvalue weighted by Crippen LogP contribution is -2.25. The molecule has 0 spiro atoms. The second kappa shape index (κ2) is 9.06. The highest BCUT2D eigenvalue weighted by molar-refractivity contribution is 5.98. The molecule has 37 heavy (non-hydrogen) atoms. The Morgan fingerprint density at radius 2 is 2.00 bits per heavy atom. The molecule has 0 amide bonds. The molecule has 6 rings (SSSR count). The van der Waals surface area contributed by atoms with Crippen LogP contribution in [0.25, 0.3) is 33.2 Å². The Morgan fingerprint density at radius 3 is 2.76 bits per heavy atom. The van der Waals surface area contributed by atoms with E-state index < -0.39 is 5.82 Å². The average molecular weight is 502 g/mol. The number of rotatable bonds is 8. The smallest absolute Gasteiger partial charge is 0.261 e. The summed E-state index contributed by atoms with van der Waals surface area (Å²) in [6, 6.07) is 4.56. The van der Waals surface area contributed by atoms with Crippen LogP contribution in [0.15, 0.2) is 41.7 Å². The van der Waals surface area contributed by atoms with Gasteiger partial charge < -0.3 is 5.73 Å². The normalized spacial score (nSPS) is 13.8. The van der Waals surface area contributed by atoms with Gasteiger partial charge in [-0.05, 0) is 43.9 Å². The lowest BCUT2D eigenvalue weighted by atomic mass is 10.1. The summed E-state index contributed by atoms with van der Waals surface area (Å²) in [6.45, 7) is 4.72. The zero-order chi connectivity index (χ0) is 25.7. The van der Waals surface area contributed by atoms with Crippen LogP contribution < -0.4 is 11.3 Å². The predicted octanol–water partition coefficient (Wildman–Crippen LogP) is 4.06. The predicted molar refractivity (Wildman–Crippen MR) is 139 cm³/mol. The van der Waals surface area contributed by atoms with Gasteiger partial charge in [-0.3, -0.25) is 14.0 Å². The first-order valence-electron chi connectivity index (χ1n) is 12.7. The third-order valence-corrected chi connectivity index (χ3v) is 7.14. The Morgan fingerprint density at radius 1 is 1.19 bits per heavy atom. The molecule has 1 fully saturated rings. The fraction of sp³-hybridized carbons (Fsp3) is 0.385. The molecule has 1 aromatic carbocycles. The van der Waals surface area contributed by atoms with Gasteiger partial charge in [0.15, 0.2) is 5.65 Å². The maximum atomic E-state index is 13.8. The van der Waals surface area contributed by atoms with Crippen molar-refractivity contribution in [3.63, 3.8) is 0 Å². The Hall–Kier alpha value is -4.15. The Bertz CT molecular complexity index is 1680. The fourth-order valence-corrected chi connectivity index (χ4v) is 5.02. The van der Waals surface area contributed by atoms with Gasteiger partial charge in [-0.2, -0.15) is 10.2 Å². The zero-order valence-electron chi connectivity index (χ0n) is 20.8. The van der Waals surface area contributed by atoms with Gasteiger partial charge in [0, 0.05) is 24.2 Å². The van der Waals surface area contributed by atoms with Gasteiger partial charge in [-0.1, -0.05) is 13.8 Å². The van der Waals surface area contributed by atoms with Gasteiger partial charge in [-0.15, -0.1) is 0 Å². The number of aryl methyl sites for hydroxylation is 2. The van der Waals surface area contributed by atoms with Crippen molar-refractivity contribution < 1.29 is 4.39 Å². The topological polar surface area (TPSA) is 122 Å². The van der Waals surface area contributed by atoms with E-state index in [2.05, 4.69) is 28.9 Å². The molecule has 0 radical (unpaired) electrons. The van der Waals surface area contributed by atoms with Crippen LogP contribution in [-0.4, -0.2) is 39.1 Å². The summed E-state index contributed by atoms with van der Waals surface area (Å²) in [5.41, 5.74) is 8.70. The molecule has 1 saturated carbocycles. The highest BCUT2D eigenvalue weighted by atomic mass is 19.1. The van der Waals surface area contributed by atoms with Crippen LogP contribution in [0.1, 0.15) is 57.4 Å². The highest BCUT2D eigenvalue weighted by Gasteiger charge is 2.29. The number of fused-ring (bicyclic) bond motifs is 2. The van der Waals surface area contributed by atoms with Crippen molar-refractivity contribution >= 4 is 27.8 Å². The van der Waals surface area contributed by atoms with Gasteiger partial charge in [0.25, 0.3) is 5.56 Å². The largest absolute Gasteiger partial charge is 0.383 e. The molecule has 11 heteroatoms. The lowest BCUT2D eigenvalue weighted by Gasteiger charge is -2.13.